The third kappa shape index (κ3) is 5.46. The van der Waals surface area contributed by atoms with Crippen molar-refractivity contribution < 1.29 is 9.53 Å². The molecular weight excluding hydrogens is 633 g/mol. The maximum Gasteiger partial charge on any atom is 0.257 e. The average molecular weight is 657 g/mol. The van der Waals surface area contributed by atoms with Crippen LogP contribution in [0.5, 0.6) is 0 Å². The lowest BCUT2D eigenvalue weighted by Gasteiger charge is -2.23. The number of hydrogen-bond acceptors (Lipinski definition) is 9. The van der Waals surface area contributed by atoms with Crippen LogP contribution in [0.25, 0.3) is 22.4 Å². The number of hydrogen-bond donors (Lipinski definition) is 2. The van der Waals surface area contributed by atoms with Crippen LogP contribution in [-0.2, 0) is 4.74 Å². The molecule has 0 bridgehead atoms. The van der Waals surface area contributed by atoms with Gasteiger partial charge in [0, 0.05) is 35.9 Å². The van der Waals surface area contributed by atoms with E-state index in [2.05, 4.69) is 41.6 Å². The van der Waals surface area contributed by atoms with Gasteiger partial charge in [0.05, 0.1) is 17.5 Å². The molecule has 1 aliphatic rings. The van der Waals surface area contributed by atoms with Crippen LogP contribution in [0.2, 0.25) is 0 Å². The van der Waals surface area contributed by atoms with E-state index in [0.29, 0.717) is 43.2 Å². The van der Waals surface area contributed by atoms with E-state index in [-0.39, 0.29) is 12.1 Å². The van der Waals surface area contributed by atoms with Crippen molar-refractivity contribution in [2.45, 2.75) is 32.4 Å². The molecule has 2 N–H and O–H groups in total. The number of amides is 1. The second kappa shape index (κ2) is 11.6. The predicted molar refractivity (Wildman–Crippen MR) is 161 cm³/mol. The van der Waals surface area contributed by atoms with E-state index in [1.165, 1.54) is 18.6 Å². The molecule has 204 valence electrons. The number of aromatic nitrogens is 6. The molecule has 4 aromatic heterocycles. The van der Waals surface area contributed by atoms with Crippen LogP contribution in [0.1, 0.15) is 47.0 Å². The van der Waals surface area contributed by atoms with Crippen molar-refractivity contribution in [3.8, 4) is 17.3 Å². The number of benzene rings is 1. The maximum atomic E-state index is 12.9. The van der Waals surface area contributed by atoms with Crippen molar-refractivity contribution in [3.63, 3.8) is 0 Å². The van der Waals surface area contributed by atoms with Crippen molar-refractivity contribution in [1.29, 1.82) is 5.26 Å². The summed E-state index contributed by atoms with van der Waals surface area (Å²) in [5.41, 5.74) is 5.73. The zero-order chi connectivity index (χ0) is 28.3. The summed E-state index contributed by atoms with van der Waals surface area (Å²) in [7, 11) is 0. The van der Waals surface area contributed by atoms with E-state index in [4.69, 9.17) is 4.74 Å². The summed E-state index contributed by atoms with van der Waals surface area (Å²) in [6.45, 7) is 2.69. The average Bonchev–Trinajstić information content (AvgIpc) is 3.44. The second-order valence-electron chi connectivity index (χ2n) is 9.55. The van der Waals surface area contributed by atoms with Gasteiger partial charge in [0.15, 0.2) is 5.65 Å². The number of ether oxygens (including phenoxy) is 1. The molecule has 1 atom stereocenters. The number of nitriles is 1. The molecule has 6 rings (SSSR count). The molecule has 5 heterocycles. The summed E-state index contributed by atoms with van der Waals surface area (Å²) in [6.07, 6.45) is 9.44. The second-order valence-corrected chi connectivity index (χ2v) is 10.6. The molecule has 0 saturated carbocycles. The first kappa shape index (κ1) is 26.7. The number of imidazole rings is 1. The van der Waals surface area contributed by atoms with Crippen molar-refractivity contribution in [1.82, 2.24) is 29.5 Å². The molecule has 12 heteroatoms. The van der Waals surface area contributed by atoms with Gasteiger partial charge >= 0.3 is 0 Å². The lowest BCUT2D eigenvalue weighted by Crippen LogP contribution is -2.17. The predicted octanol–water partition coefficient (Wildman–Crippen LogP) is 5.76. The minimum Gasteiger partial charge on any atom is -0.358 e. The number of carbonyl (C=O) groups is 1. The fourth-order valence-corrected chi connectivity index (χ4v) is 5.13. The molecule has 5 aromatic rings. The zero-order valence-electron chi connectivity index (χ0n) is 22.0. The summed E-state index contributed by atoms with van der Waals surface area (Å²) in [5, 5.41) is 15.6. The first-order valence-corrected chi connectivity index (χ1v) is 14.1. The van der Waals surface area contributed by atoms with E-state index >= 15 is 0 Å². The van der Waals surface area contributed by atoms with Crippen molar-refractivity contribution in [2.24, 2.45) is 0 Å². The first-order valence-electron chi connectivity index (χ1n) is 13.0. The Labute approximate surface area is 249 Å². The smallest absolute Gasteiger partial charge is 0.257 e. The van der Waals surface area contributed by atoms with Crippen LogP contribution in [0, 0.1) is 22.0 Å². The number of nitrogens with zero attached hydrogens (tertiary/aromatic N) is 7. The molecule has 1 aromatic carbocycles. The molecule has 1 fully saturated rings. The third-order valence-electron chi connectivity index (χ3n) is 6.86. The summed E-state index contributed by atoms with van der Waals surface area (Å²) < 4.78 is 8.49. The minimum atomic E-state index is -0.361. The molecule has 1 saturated heterocycles. The molecule has 11 nitrogen and oxygen atoms in total. The number of anilines is 3. The minimum absolute atomic E-state index is 0.0922. The Balaban J connectivity index is 1.30. The number of halogens is 1. The molecule has 0 spiro atoms. The van der Waals surface area contributed by atoms with Crippen molar-refractivity contribution >= 4 is 56.9 Å². The standard InChI is InChI=1S/C29H24IN9O2/c1-17-7-8-20(37-29(40)19-11-18(13-31)26(30)33-14-19)12-22(17)38-27-21(5-4-9-32-27)24-25-28(35-15-34-24)39(16-36-25)23-6-2-3-10-41-23/h4-5,7-9,11-12,14-16,23H,2-3,6,10H2,1H3,(H,32,38)(H,37,40). The molecule has 0 aliphatic carbocycles. The van der Waals surface area contributed by atoms with E-state index in [1.54, 1.807) is 12.5 Å². The van der Waals surface area contributed by atoms with Gasteiger partial charge in [-0.25, -0.2) is 24.9 Å². The molecule has 41 heavy (non-hydrogen) atoms. The fourth-order valence-electron chi connectivity index (χ4n) is 4.71. The van der Waals surface area contributed by atoms with Crippen LogP contribution in [-0.4, -0.2) is 42.0 Å². The van der Waals surface area contributed by atoms with Crippen LogP contribution in [0.4, 0.5) is 17.2 Å². The van der Waals surface area contributed by atoms with Gasteiger partial charge < -0.3 is 15.4 Å². The quantitative estimate of drug-likeness (QED) is 0.172. The first-order chi connectivity index (χ1) is 20.0. The monoisotopic (exact) mass is 657 g/mol. The van der Waals surface area contributed by atoms with Crippen LogP contribution in [0.15, 0.2) is 61.4 Å². The number of nitrogens with one attached hydrogen (secondary N) is 2. The summed E-state index contributed by atoms with van der Waals surface area (Å²) in [5.74, 6) is 0.225. The highest BCUT2D eigenvalue weighted by Gasteiger charge is 2.22. The molecular formula is C29H24IN9O2. The summed E-state index contributed by atoms with van der Waals surface area (Å²) in [4.78, 5) is 35.4. The van der Waals surface area contributed by atoms with Gasteiger partial charge in [-0.1, -0.05) is 6.07 Å². The van der Waals surface area contributed by atoms with Gasteiger partial charge in [-0.3, -0.25) is 9.36 Å². The number of carbonyl (C=O) groups excluding carboxylic acids is 1. The number of rotatable bonds is 6. The Morgan fingerprint density at radius 3 is 2.88 bits per heavy atom. The van der Waals surface area contributed by atoms with Crippen LogP contribution < -0.4 is 10.6 Å². The number of aryl methyl sites for hydroxylation is 1. The van der Waals surface area contributed by atoms with Crippen LogP contribution in [0.3, 0.4) is 0 Å². The molecule has 1 aliphatic heterocycles. The van der Waals surface area contributed by atoms with E-state index < -0.39 is 0 Å². The van der Waals surface area contributed by atoms with Gasteiger partial charge in [0.2, 0.25) is 0 Å². The van der Waals surface area contributed by atoms with Gasteiger partial charge in [-0.15, -0.1) is 0 Å². The fraction of sp³-hybridized carbons (Fsp3) is 0.207. The Bertz CT molecular complexity index is 1810. The number of fused-ring (bicyclic) bond motifs is 1. The van der Waals surface area contributed by atoms with Gasteiger partial charge in [0.1, 0.15) is 39.4 Å². The molecule has 1 amide bonds. The normalized spacial score (nSPS) is 14.9. The highest BCUT2D eigenvalue weighted by Crippen LogP contribution is 2.34. The van der Waals surface area contributed by atoms with Gasteiger partial charge in [-0.2, -0.15) is 5.26 Å². The van der Waals surface area contributed by atoms with Crippen molar-refractivity contribution in [3.05, 3.63) is 81.8 Å². The van der Waals surface area contributed by atoms with E-state index in [9.17, 15) is 10.1 Å². The Morgan fingerprint density at radius 2 is 2.05 bits per heavy atom. The Hall–Kier alpha value is -4.48. The van der Waals surface area contributed by atoms with Crippen molar-refractivity contribution in [2.75, 3.05) is 17.2 Å². The highest BCUT2D eigenvalue weighted by molar-refractivity contribution is 14.1. The highest BCUT2D eigenvalue weighted by atomic mass is 127. The lowest BCUT2D eigenvalue weighted by atomic mass is 10.1. The van der Waals surface area contributed by atoms with Gasteiger partial charge in [0.25, 0.3) is 5.91 Å². The third-order valence-corrected chi connectivity index (χ3v) is 7.72. The topological polar surface area (TPSA) is 144 Å². The SMILES string of the molecule is Cc1ccc(NC(=O)c2cnc(I)c(C#N)c2)cc1Nc1ncccc1-c1ncnc2c1ncn2C1CCCCO1. The van der Waals surface area contributed by atoms with E-state index in [1.807, 2.05) is 64.4 Å². The van der Waals surface area contributed by atoms with Gasteiger partial charge in [-0.05, 0) is 84.7 Å². The maximum absolute atomic E-state index is 12.9. The van der Waals surface area contributed by atoms with Crippen LogP contribution >= 0.6 is 22.6 Å². The molecule has 0 radical (unpaired) electrons. The lowest BCUT2D eigenvalue weighted by molar-refractivity contribution is -0.0298. The number of pyridine rings is 2. The summed E-state index contributed by atoms with van der Waals surface area (Å²) in [6, 6.07) is 12.9. The largest absolute Gasteiger partial charge is 0.358 e. The molecule has 1 unspecified atom stereocenters. The summed E-state index contributed by atoms with van der Waals surface area (Å²) >= 11 is 1.97. The Kier molecular flexibility index (Phi) is 7.53. The Morgan fingerprint density at radius 1 is 1.15 bits per heavy atom. The van der Waals surface area contributed by atoms with E-state index in [0.717, 1.165) is 42.7 Å². The zero-order valence-corrected chi connectivity index (χ0v) is 24.2.